The first kappa shape index (κ1) is 16.6. The Bertz CT molecular complexity index is 625. The van der Waals surface area contributed by atoms with Gasteiger partial charge >= 0.3 is 0 Å². The highest BCUT2D eigenvalue weighted by Gasteiger charge is 2.28. The lowest BCUT2D eigenvalue weighted by Gasteiger charge is -2.20. The number of thiophene rings is 1. The van der Waals surface area contributed by atoms with Crippen molar-refractivity contribution in [1.82, 2.24) is 9.21 Å². The molecule has 0 unspecified atom stereocenters. The van der Waals surface area contributed by atoms with Gasteiger partial charge in [0, 0.05) is 26.2 Å². The summed E-state index contributed by atoms with van der Waals surface area (Å²) in [6.07, 6.45) is 2.28. The van der Waals surface area contributed by atoms with Crippen LogP contribution in [0.15, 0.2) is 10.3 Å². The normalized spacial score (nSPS) is 16.7. The summed E-state index contributed by atoms with van der Waals surface area (Å²) in [6.45, 7) is 3.00. The minimum Gasteiger partial charge on any atom is -0.302 e. The molecular weight excluding hydrogens is 338 g/mol. The van der Waals surface area contributed by atoms with E-state index in [1.165, 1.54) is 11.4 Å². The number of rotatable bonds is 6. The van der Waals surface area contributed by atoms with E-state index in [4.69, 9.17) is 11.6 Å². The molecule has 0 spiro atoms. The van der Waals surface area contributed by atoms with Crippen LogP contribution in [0.2, 0.25) is 4.34 Å². The fraction of sp³-hybridized carbons (Fsp3) is 0.636. The molecule has 1 aromatic heterocycles. The van der Waals surface area contributed by atoms with E-state index >= 15 is 0 Å². The summed E-state index contributed by atoms with van der Waals surface area (Å²) in [4.78, 5) is 12.3. The van der Waals surface area contributed by atoms with Crippen LogP contribution in [-0.2, 0) is 10.0 Å². The van der Waals surface area contributed by atoms with Crippen LogP contribution >= 0.6 is 22.9 Å². The lowest BCUT2D eigenvalue weighted by Crippen LogP contribution is -2.34. The number of hydrogen-bond acceptors (Lipinski definition) is 6. The molecule has 1 aromatic rings. The first-order chi connectivity index (χ1) is 9.82. The lowest BCUT2D eigenvalue weighted by atomic mass is 10.4. The summed E-state index contributed by atoms with van der Waals surface area (Å²) in [5, 5.41) is 10.7. The number of sulfonamides is 1. The first-order valence-corrected chi connectivity index (χ1v) is 9.08. The molecule has 1 saturated heterocycles. The van der Waals surface area contributed by atoms with Gasteiger partial charge in [-0.05, 0) is 25.9 Å². The average Bonchev–Trinajstić information content (AvgIpc) is 3.04. The minimum atomic E-state index is -3.73. The number of nitrogens with zero attached hydrogens (tertiary/aromatic N) is 3. The SMILES string of the molecule is CN(CCN1CCCC1)S(=O)(=O)c1cc([N+](=O)[O-])c(Cl)s1. The fourth-order valence-electron chi connectivity index (χ4n) is 2.15. The van der Waals surface area contributed by atoms with Gasteiger partial charge in [0.2, 0.25) is 0 Å². The molecule has 1 aliphatic rings. The van der Waals surface area contributed by atoms with Crippen LogP contribution in [-0.4, -0.2) is 55.8 Å². The van der Waals surface area contributed by atoms with Gasteiger partial charge in [-0.3, -0.25) is 10.1 Å². The van der Waals surface area contributed by atoms with Gasteiger partial charge < -0.3 is 4.90 Å². The average molecular weight is 354 g/mol. The first-order valence-electron chi connectivity index (χ1n) is 6.45. The molecule has 10 heteroatoms. The predicted octanol–water partition coefficient (Wildman–Crippen LogP) is 2.03. The molecule has 0 saturated carbocycles. The molecule has 118 valence electrons. The van der Waals surface area contributed by atoms with Crippen molar-refractivity contribution >= 4 is 38.6 Å². The van der Waals surface area contributed by atoms with E-state index in [2.05, 4.69) is 4.90 Å². The molecule has 1 aliphatic heterocycles. The summed E-state index contributed by atoms with van der Waals surface area (Å²) in [5.41, 5.74) is -0.367. The van der Waals surface area contributed by atoms with Gasteiger partial charge in [0.05, 0.1) is 4.92 Å². The smallest absolute Gasteiger partial charge is 0.300 e. The molecule has 0 N–H and O–H groups in total. The molecule has 1 fully saturated rings. The van der Waals surface area contributed by atoms with E-state index in [0.29, 0.717) is 24.4 Å². The molecule has 2 heterocycles. The van der Waals surface area contributed by atoms with Crippen molar-refractivity contribution in [2.24, 2.45) is 0 Å². The second-order valence-corrected chi connectivity index (χ2v) is 8.78. The third kappa shape index (κ3) is 3.72. The van der Waals surface area contributed by atoms with E-state index in [1.807, 2.05) is 0 Å². The molecule has 0 atom stereocenters. The lowest BCUT2D eigenvalue weighted by molar-refractivity contribution is -0.384. The van der Waals surface area contributed by atoms with Crippen LogP contribution in [0.1, 0.15) is 12.8 Å². The van der Waals surface area contributed by atoms with Crippen LogP contribution in [0.3, 0.4) is 0 Å². The van der Waals surface area contributed by atoms with Gasteiger partial charge in [-0.2, -0.15) is 4.31 Å². The molecule has 0 amide bonds. The minimum absolute atomic E-state index is 0.0943. The van der Waals surface area contributed by atoms with E-state index in [-0.39, 0.29) is 14.2 Å². The second-order valence-electron chi connectivity index (χ2n) is 4.86. The largest absolute Gasteiger partial charge is 0.302 e. The maximum atomic E-state index is 12.4. The van der Waals surface area contributed by atoms with E-state index in [0.717, 1.165) is 32.0 Å². The zero-order valence-corrected chi connectivity index (χ0v) is 13.9. The van der Waals surface area contributed by atoms with E-state index in [9.17, 15) is 18.5 Å². The predicted molar refractivity (Wildman–Crippen MR) is 81.5 cm³/mol. The Hall–Kier alpha value is -0.740. The van der Waals surface area contributed by atoms with Crippen molar-refractivity contribution in [2.45, 2.75) is 17.1 Å². The summed E-state index contributed by atoms with van der Waals surface area (Å²) < 4.78 is 25.7. The highest BCUT2D eigenvalue weighted by Crippen LogP contribution is 2.37. The Balaban J connectivity index is 2.09. The Morgan fingerprint density at radius 1 is 1.48 bits per heavy atom. The molecule has 0 radical (unpaired) electrons. The van der Waals surface area contributed by atoms with Crippen molar-refractivity contribution in [2.75, 3.05) is 33.2 Å². The van der Waals surface area contributed by atoms with Gasteiger partial charge in [0.1, 0.15) is 4.21 Å². The number of likely N-dealkylation sites (tertiary alicyclic amines) is 1. The Labute approximate surface area is 132 Å². The number of halogens is 1. The van der Waals surface area contributed by atoms with Crippen LogP contribution in [0.5, 0.6) is 0 Å². The maximum Gasteiger partial charge on any atom is 0.300 e. The number of hydrogen-bond donors (Lipinski definition) is 0. The molecule has 0 aliphatic carbocycles. The zero-order chi connectivity index (χ0) is 15.6. The van der Waals surface area contributed by atoms with Crippen LogP contribution in [0.4, 0.5) is 5.69 Å². The summed E-state index contributed by atoms with van der Waals surface area (Å²) in [5.74, 6) is 0. The highest BCUT2D eigenvalue weighted by molar-refractivity contribution is 7.91. The quantitative estimate of drug-likeness (QED) is 0.577. The van der Waals surface area contributed by atoms with Crippen molar-refractivity contribution in [3.63, 3.8) is 0 Å². The topological polar surface area (TPSA) is 83.8 Å². The molecule has 2 rings (SSSR count). The third-order valence-corrected chi connectivity index (χ3v) is 7.08. The fourth-order valence-corrected chi connectivity index (χ4v) is 5.19. The van der Waals surface area contributed by atoms with Crippen molar-refractivity contribution in [1.29, 1.82) is 0 Å². The monoisotopic (exact) mass is 353 g/mol. The maximum absolute atomic E-state index is 12.4. The Kier molecular flexibility index (Phi) is 5.20. The molecule has 7 nitrogen and oxygen atoms in total. The number of nitro groups is 1. The van der Waals surface area contributed by atoms with Gasteiger partial charge in [-0.1, -0.05) is 11.6 Å². The zero-order valence-electron chi connectivity index (χ0n) is 11.5. The van der Waals surface area contributed by atoms with Crippen molar-refractivity contribution < 1.29 is 13.3 Å². The standard InChI is InChI=1S/C11H16ClN3O4S2/c1-13(6-7-14-4-2-3-5-14)21(18,19)10-8-9(15(16)17)11(12)20-10/h8H,2-7H2,1H3. The van der Waals surface area contributed by atoms with Crippen molar-refractivity contribution in [3.8, 4) is 0 Å². The van der Waals surface area contributed by atoms with E-state index < -0.39 is 14.9 Å². The Morgan fingerprint density at radius 3 is 2.62 bits per heavy atom. The second kappa shape index (κ2) is 6.57. The number of likely N-dealkylation sites (N-methyl/N-ethyl adjacent to an activating group) is 1. The third-order valence-electron chi connectivity index (χ3n) is 3.44. The van der Waals surface area contributed by atoms with Gasteiger partial charge in [-0.25, -0.2) is 8.42 Å². The van der Waals surface area contributed by atoms with Crippen LogP contribution < -0.4 is 0 Å². The molecule has 21 heavy (non-hydrogen) atoms. The van der Waals surface area contributed by atoms with Crippen LogP contribution in [0.25, 0.3) is 0 Å². The summed E-state index contributed by atoms with van der Waals surface area (Å²) >= 11 is 6.43. The van der Waals surface area contributed by atoms with Gasteiger partial charge in [-0.15, -0.1) is 11.3 Å². The van der Waals surface area contributed by atoms with E-state index in [1.54, 1.807) is 0 Å². The van der Waals surface area contributed by atoms with Crippen LogP contribution in [0, 0.1) is 10.1 Å². The molecule has 0 bridgehead atoms. The van der Waals surface area contributed by atoms with Gasteiger partial charge in [0.15, 0.2) is 4.34 Å². The summed E-state index contributed by atoms with van der Waals surface area (Å²) in [7, 11) is -2.25. The molecule has 0 aromatic carbocycles. The highest BCUT2D eigenvalue weighted by atomic mass is 35.5. The molecular formula is C11H16ClN3O4S2. The van der Waals surface area contributed by atoms with Gasteiger partial charge in [0.25, 0.3) is 15.7 Å². The Morgan fingerprint density at radius 2 is 2.10 bits per heavy atom. The van der Waals surface area contributed by atoms with Crippen molar-refractivity contribution in [3.05, 3.63) is 20.5 Å². The summed E-state index contributed by atoms with van der Waals surface area (Å²) in [6, 6.07) is 1.02.